The normalized spacial score (nSPS) is 12.7. The van der Waals surface area contributed by atoms with Gasteiger partial charge in [-0.1, -0.05) is 314 Å². The fourth-order valence-electron chi connectivity index (χ4n) is 10.6. The van der Waals surface area contributed by atoms with Crippen molar-refractivity contribution in [3.05, 3.63) is 36.5 Å². The summed E-state index contributed by atoms with van der Waals surface area (Å²) in [6.45, 7) is 4.92. The Hall–Kier alpha value is -1.92. The van der Waals surface area contributed by atoms with Gasteiger partial charge in [0, 0.05) is 12.8 Å². The molecule has 0 aromatic heterocycles. The average molecular weight is 1070 g/mol. The zero-order valence-corrected chi connectivity index (χ0v) is 51.3. The van der Waals surface area contributed by atoms with Crippen LogP contribution in [-0.4, -0.2) is 47.4 Å². The number of hydrogen-bond acceptors (Lipinski definition) is 5. The van der Waals surface area contributed by atoms with Crippen LogP contribution in [0.2, 0.25) is 0 Å². The molecule has 0 heterocycles. The molecule has 6 heteroatoms. The average Bonchev–Trinajstić information content (AvgIpc) is 3.42. The highest BCUT2D eigenvalue weighted by molar-refractivity contribution is 5.76. The van der Waals surface area contributed by atoms with Crippen molar-refractivity contribution in [3.63, 3.8) is 0 Å². The molecule has 0 aliphatic heterocycles. The van der Waals surface area contributed by atoms with E-state index >= 15 is 0 Å². The first-order valence-corrected chi connectivity index (χ1v) is 34.3. The summed E-state index contributed by atoms with van der Waals surface area (Å²) in [6.07, 6.45) is 83.6. The third-order valence-electron chi connectivity index (χ3n) is 15.9. The number of unbranched alkanes of at least 4 members (excludes halogenated alkanes) is 49. The third kappa shape index (κ3) is 61.3. The Kier molecular flexibility index (Phi) is 63.9. The number of hydrogen-bond donors (Lipinski definition) is 3. The standard InChI is InChI=1S/C70H133NO5/c1-3-5-7-9-11-13-15-17-19-36-40-44-48-52-56-60-64-70(75)76-65-61-57-53-49-45-41-37-34-32-30-28-26-24-22-20-21-23-25-27-29-31-33-35-39-43-47-51-55-59-63-69(74)71-67(66-72)68(73)62-58-54-50-46-42-38-18-16-14-12-10-8-6-4-2/h19-20,22,36,58,62,67-68,72-73H,3-18,21,23-35,37-57,59-61,63-66H2,1-2H3,(H,71,74)/b22-20-,36-19-,62-58+. The molecule has 1 amide bonds. The van der Waals surface area contributed by atoms with Crippen LogP contribution in [0.25, 0.3) is 0 Å². The van der Waals surface area contributed by atoms with Crippen molar-refractivity contribution < 1.29 is 24.5 Å². The molecule has 0 bridgehead atoms. The third-order valence-corrected chi connectivity index (χ3v) is 15.9. The van der Waals surface area contributed by atoms with E-state index in [0.717, 1.165) is 44.9 Å². The summed E-state index contributed by atoms with van der Waals surface area (Å²) in [4.78, 5) is 24.5. The molecule has 0 aliphatic carbocycles. The second kappa shape index (κ2) is 65.6. The van der Waals surface area contributed by atoms with Crippen LogP contribution < -0.4 is 5.32 Å². The van der Waals surface area contributed by atoms with E-state index in [4.69, 9.17) is 4.74 Å². The minimum Gasteiger partial charge on any atom is -0.466 e. The highest BCUT2D eigenvalue weighted by Gasteiger charge is 2.18. The van der Waals surface area contributed by atoms with Crippen LogP contribution in [-0.2, 0) is 14.3 Å². The van der Waals surface area contributed by atoms with Gasteiger partial charge in [0.25, 0.3) is 0 Å². The quantitative estimate of drug-likeness (QED) is 0.0320. The second-order valence-electron chi connectivity index (χ2n) is 23.5. The van der Waals surface area contributed by atoms with Gasteiger partial charge in [-0.2, -0.15) is 0 Å². The van der Waals surface area contributed by atoms with E-state index in [1.54, 1.807) is 6.08 Å². The molecule has 0 radical (unpaired) electrons. The van der Waals surface area contributed by atoms with Gasteiger partial charge in [0.1, 0.15) is 0 Å². The predicted octanol–water partition coefficient (Wildman–Crippen LogP) is 21.9. The van der Waals surface area contributed by atoms with Crippen LogP contribution >= 0.6 is 0 Å². The lowest BCUT2D eigenvalue weighted by atomic mass is 10.0. The van der Waals surface area contributed by atoms with E-state index in [9.17, 15) is 19.8 Å². The fraction of sp³-hybridized carbons (Fsp3) is 0.886. The van der Waals surface area contributed by atoms with E-state index < -0.39 is 12.1 Å². The lowest BCUT2D eigenvalue weighted by Gasteiger charge is -2.20. The summed E-state index contributed by atoms with van der Waals surface area (Å²) in [6, 6.07) is -0.627. The molecule has 0 saturated carbocycles. The van der Waals surface area contributed by atoms with Crippen LogP contribution in [0, 0.1) is 0 Å². The number of aliphatic hydroxyl groups excluding tert-OH is 2. The van der Waals surface area contributed by atoms with Crippen molar-refractivity contribution in [2.24, 2.45) is 0 Å². The molecule has 0 spiro atoms. The Morgan fingerprint density at radius 2 is 0.618 bits per heavy atom. The van der Waals surface area contributed by atoms with Gasteiger partial charge in [-0.05, 0) is 83.5 Å². The molecule has 0 aromatic carbocycles. The van der Waals surface area contributed by atoms with Crippen LogP contribution in [0.5, 0.6) is 0 Å². The summed E-state index contributed by atoms with van der Waals surface area (Å²) in [5.74, 6) is -0.0568. The van der Waals surface area contributed by atoms with Gasteiger partial charge in [0.05, 0.1) is 25.4 Å². The fourth-order valence-corrected chi connectivity index (χ4v) is 10.6. The van der Waals surface area contributed by atoms with E-state index in [-0.39, 0.29) is 18.5 Å². The van der Waals surface area contributed by atoms with Crippen molar-refractivity contribution in [1.82, 2.24) is 5.32 Å². The van der Waals surface area contributed by atoms with Crippen molar-refractivity contribution in [2.45, 2.75) is 386 Å². The van der Waals surface area contributed by atoms with Crippen LogP contribution in [0.1, 0.15) is 373 Å². The molecule has 2 atom stereocenters. The topological polar surface area (TPSA) is 95.9 Å². The highest BCUT2D eigenvalue weighted by Crippen LogP contribution is 2.18. The number of amides is 1. The molecule has 76 heavy (non-hydrogen) atoms. The maximum atomic E-state index is 12.5. The number of carbonyl (C=O) groups is 2. The van der Waals surface area contributed by atoms with Gasteiger partial charge in [-0.25, -0.2) is 0 Å². The molecular weight excluding hydrogens is 935 g/mol. The van der Waals surface area contributed by atoms with Gasteiger partial charge < -0.3 is 20.3 Å². The number of ether oxygens (including phenoxy) is 1. The smallest absolute Gasteiger partial charge is 0.305 e. The van der Waals surface area contributed by atoms with Gasteiger partial charge in [0.2, 0.25) is 5.91 Å². The van der Waals surface area contributed by atoms with E-state index in [0.29, 0.717) is 19.4 Å². The Bertz CT molecular complexity index is 1230. The number of aliphatic hydroxyl groups is 2. The lowest BCUT2D eigenvalue weighted by Crippen LogP contribution is -2.45. The van der Waals surface area contributed by atoms with Gasteiger partial charge in [-0.3, -0.25) is 9.59 Å². The maximum Gasteiger partial charge on any atom is 0.305 e. The Labute approximate surface area is 474 Å². The first kappa shape index (κ1) is 74.1. The lowest BCUT2D eigenvalue weighted by molar-refractivity contribution is -0.143. The molecule has 2 unspecified atom stereocenters. The highest BCUT2D eigenvalue weighted by atomic mass is 16.5. The Morgan fingerprint density at radius 1 is 0.355 bits per heavy atom. The zero-order chi connectivity index (χ0) is 55.0. The number of rotatable bonds is 64. The molecule has 0 aliphatic rings. The van der Waals surface area contributed by atoms with E-state index in [1.165, 1.54) is 302 Å². The van der Waals surface area contributed by atoms with Gasteiger partial charge in [0.15, 0.2) is 0 Å². The van der Waals surface area contributed by atoms with Crippen molar-refractivity contribution >= 4 is 11.9 Å². The molecule has 0 aromatic rings. The summed E-state index contributed by atoms with van der Waals surface area (Å²) >= 11 is 0. The largest absolute Gasteiger partial charge is 0.466 e. The van der Waals surface area contributed by atoms with Gasteiger partial charge in [-0.15, -0.1) is 0 Å². The SMILES string of the molecule is CCCCCCCCC/C=C\CCCCCCCC(=O)OCCCCCCCCCCCCCC/C=C\CCCCCCCCCCCCCCCC(=O)NC(CO)C(O)/C=C/CCCCCCCCCCCCCC. The second-order valence-corrected chi connectivity index (χ2v) is 23.5. The summed E-state index contributed by atoms with van der Waals surface area (Å²) in [5.41, 5.74) is 0. The molecule has 0 rings (SSSR count). The monoisotopic (exact) mass is 1070 g/mol. The predicted molar refractivity (Wildman–Crippen MR) is 333 cm³/mol. The summed E-state index contributed by atoms with van der Waals surface area (Å²) in [7, 11) is 0. The van der Waals surface area contributed by atoms with Gasteiger partial charge >= 0.3 is 5.97 Å². The minimum atomic E-state index is -0.843. The van der Waals surface area contributed by atoms with Crippen molar-refractivity contribution in [2.75, 3.05) is 13.2 Å². The van der Waals surface area contributed by atoms with E-state index in [1.807, 2.05) is 6.08 Å². The maximum absolute atomic E-state index is 12.5. The molecule has 3 N–H and O–H groups in total. The van der Waals surface area contributed by atoms with E-state index in [2.05, 4.69) is 43.5 Å². The molecular formula is C70H133NO5. The minimum absolute atomic E-state index is 0.00902. The number of allylic oxidation sites excluding steroid dienone is 5. The van der Waals surface area contributed by atoms with Crippen molar-refractivity contribution in [1.29, 1.82) is 0 Å². The number of carbonyl (C=O) groups excluding carboxylic acids is 2. The number of esters is 1. The zero-order valence-electron chi connectivity index (χ0n) is 51.3. The first-order chi connectivity index (χ1) is 37.5. The molecule has 0 saturated heterocycles. The van der Waals surface area contributed by atoms with Crippen LogP contribution in [0.3, 0.4) is 0 Å². The van der Waals surface area contributed by atoms with Crippen LogP contribution in [0.4, 0.5) is 0 Å². The number of nitrogens with one attached hydrogen (secondary N) is 1. The Morgan fingerprint density at radius 3 is 0.934 bits per heavy atom. The van der Waals surface area contributed by atoms with Crippen LogP contribution in [0.15, 0.2) is 36.5 Å². The summed E-state index contributed by atoms with van der Waals surface area (Å²) < 4.78 is 5.49. The molecule has 6 nitrogen and oxygen atoms in total. The summed E-state index contributed by atoms with van der Waals surface area (Å²) in [5, 5.41) is 23.1. The Balaban J connectivity index is 3.38. The molecule has 0 fully saturated rings. The molecule has 448 valence electrons. The van der Waals surface area contributed by atoms with Crippen molar-refractivity contribution in [3.8, 4) is 0 Å². The first-order valence-electron chi connectivity index (χ1n) is 34.3.